The maximum atomic E-state index is 8.82. The summed E-state index contributed by atoms with van der Waals surface area (Å²) in [6, 6.07) is 0. The highest BCUT2D eigenvalue weighted by molar-refractivity contribution is 14.1. The predicted molar refractivity (Wildman–Crippen MR) is 52.3 cm³/mol. The zero-order valence-corrected chi connectivity index (χ0v) is 8.44. The Labute approximate surface area is 75.8 Å². The third kappa shape index (κ3) is 9.04. The zero-order valence-electron chi connectivity index (χ0n) is 5.39. The summed E-state index contributed by atoms with van der Waals surface area (Å²) in [7, 11) is 0. The molecule has 0 aliphatic carbocycles. The number of unbranched alkanes of at least 4 members (excludes halogenated alkanes) is 2. The van der Waals surface area contributed by atoms with Gasteiger partial charge in [0.2, 0.25) is 0 Å². The van der Waals surface area contributed by atoms with Gasteiger partial charge in [-0.3, -0.25) is 0 Å². The third-order valence-corrected chi connectivity index (χ3v) is 2.04. The largest absolute Gasteiger partial charge is 0.383 e. The fraction of sp³-hybridized carbons (Fsp3) is 1.00. The topological polar surface area (TPSA) is 20.2 Å². The average Bonchev–Trinajstić information content (AvgIpc) is 1.80. The number of alkyl halides is 1. The van der Waals surface area contributed by atoms with Crippen LogP contribution in [0.25, 0.3) is 0 Å². The van der Waals surface area contributed by atoms with Gasteiger partial charge in [0.15, 0.2) is 0 Å². The molecule has 0 aromatic carbocycles. The fourth-order valence-corrected chi connectivity index (χ4v) is 1.27. The number of halogens is 1. The van der Waals surface area contributed by atoms with Crippen molar-refractivity contribution in [1.82, 2.24) is 0 Å². The van der Waals surface area contributed by atoms with Crippen molar-refractivity contribution in [1.29, 1.82) is 0 Å². The normalized spacial score (nSPS) is 13.7. The third-order valence-electron chi connectivity index (χ3n) is 1.10. The molecule has 1 nitrogen and oxygen atoms in total. The van der Waals surface area contributed by atoms with Crippen LogP contribution in [-0.4, -0.2) is 15.0 Å². The summed E-state index contributed by atoms with van der Waals surface area (Å²) < 4.78 is -0.150. The SMILES string of the molecule is OC(I)CCCCCS. The predicted octanol–water partition coefficient (Wildman–Crippen LogP) is 2.23. The molecule has 0 bridgehead atoms. The molecule has 0 amide bonds. The van der Waals surface area contributed by atoms with Crippen molar-refractivity contribution >= 4 is 35.2 Å². The van der Waals surface area contributed by atoms with Crippen molar-refractivity contribution < 1.29 is 5.11 Å². The molecule has 1 atom stereocenters. The summed E-state index contributed by atoms with van der Waals surface area (Å²) in [6.07, 6.45) is 4.43. The monoisotopic (exact) mass is 260 g/mol. The van der Waals surface area contributed by atoms with E-state index < -0.39 is 0 Å². The molecule has 1 N–H and O–H groups in total. The Morgan fingerprint density at radius 2 is 2.00 bits per heavy atom. The van der Waals surface area contributed by atoms with Gasteiger partial charge in [-0.15, -0.1) is 0 Å². The first-order valence-corrected chi connectivity index (χ1v) is 5.08. The first-order chi connectivity index (χ1) is 4.27. The highest BCUT2D eigenvalue weighted by Crippen LogP contribution is 2.08. The van der Waals surface area contributed by atoms with Gasteiger partial charge in [-0.2, -0.15) is 12.6 Å². The first-order valence-electron chi connectivity index (χ1n) is 3.20. The van der Waals surface area contributed by atoms with Gasteiger partial charge in [-0.25, -0.2) is 0 Å². The Morgan fingerprint density at radius 1 is 1.33 bits per heavy atom. The van der Waals surface area contributed by atoms with Gasteiger partial charge in [-0.05, 0) is 18.6 Å². The van der Waals surface area contributed by atoms with Crippen LogP contribution < -0.4 is 0 Å². The number of thiol groups is 1. The molecule has 1 unspecified atom stereocenters. The molecular weight excluding hydrogens is 247 g/mol. The highest BCUT2D eigenvalue weighted by Gasteiger charge is 1.94. The Kier molecular flexibility index (Phi) is 7.98. The molecule has 0 fully saturated rings. The van der Waals surface area contributed by atoms with E-state index in [1.165, 1.54) is 12.8 Å². The van der Waals surface area contributed by atoms with Gasteiger partial charge >= 0.3 is 0 Å². The molecule has 0 saturated heterocycles. The number of hydrogen-bond donors (Lipinski definition) is 2. The molecule has 9 heavy (non-hydrogen) atoms. The summed E-state index contributed by atoms with van der Waals surface area (Å²) in [5, 5.41) is 8.82. The summed E-state index contributed by atoms with van der Waals surface area (Å²) in [5.41, 5.74) is 0. The Morgan fingerprint density at radius 3 is 2.44 bits per heavy atom. The van der Waals surface area contributed by atoms with Crippen LogP contribution in [0.5, 0.6) is 0 Å². The number of rotatable bonds is 5. The highest BCUT2D eigenvalue weighted by atomic mass is 127. The van der Waals surface area contributed by atoms with Gasteiger partial charge in [-0.1, -0.05) is 35.4 Å². The second-order valence-electron chi connectivity index (χ2n) is 2.01. The molecule has 0 heterocycles. The van der Waals surface area contributed by atoms with E-state index >= 15 is 0 Å². The van der Waals surface area contributed by atoms with E-state index in [0.29, 0.717) is 0 Å². The smallest absolute Gasteiger partial charge is 0.105 e. The minimum atomic E-state index is -0.150. The van der Waals surface area contributed by atoms with Crippen LogP contribution in [0, 0.1) is 0 Å². The van der Waals surface area contributed by atoms with Crippen LogP contribution >= 0.6 is 35.2 Å². The molecule has 56 valence electrons. The fourth-order valence-electron chi connectivity index (χ4n) is 0.601. The van der Waals surface area contributed by atoms with Crippen LogP contribution in [-0.2, 0) is 0 Å². The average molecular weight is 260 g/mol. The van der Waals surface area contributed by atoms with Crippen molar-refractivity contribution in [3.8, 4) is 0 Å². The van der Waals surface area contributed by atoms with E-state index in [-0.39, 0.29) is 4.11 Å². The van der Waals surface area contributed by atoms with Crippen molar-refractivity contribution in [2.45, 2.75) is 29.8 Å². The molecule has 0 rings (SSSR count). The van der Waals surface area contributed by atoms with Gasteiger partial charge in [0.05, 0.1) is 0 Å². The Balaban J connectivity index is 2.75. The van der Waals surface area contributed by atoms with Crippen LogP contribution in [0.3, 0.4) is 0 Å². The zero-order chi connectivity index (χ0) is 7.11. The maximum Gasteiger partial charge on any atom is 0.105 e. The lowest BCUT2D eigenvalue weighted by atomic mass is 10.2. The summed E-state index contributed by atoms with van der Waals surface area (Å²) in [6.45, 7) is 0. The first kappa shape index (κ1) is 10.0. The molecule has 0 spiro atoms. The van der Waals surface area contributed by atoms with E-state index in [1.807, 2.05) is 22.6 Å². The number of hydrogen-bond acceptors (Lipinski definition) is 2. The standard InChI is InChI=1S/C6H13IOS/c7-6(8)4-2-1-3-5-9/h6,8-9H,1-5H2. The molecule has 0 aromatic rings. The Bertz CT molecular complexity index is 59.0. The molecule has 0 aromatic heterocycles. The van der Waals surface area contributed by atoms with Crippen LogP contribution in [0.15, 0.2) is 0 Å². The quantitative estimate of drug-likeness (QED) is 0.336. The van der Waals surface area contributed by atoms with E-state index in [1.54, 1.807) is 0 Å². The van der Waals surface area contributed by atoms with Crippen LogP contribution in [0.4, 0.5) is 0 Å². The van der Waals surface area contributed by atoms with E-state index in [9.17, 15) is 0 Å². The molecule has 0 aliphatic rings. The van der Waals surface area contributed by atoms with Crippen LogP contribution in [0.2, 0.25) is 0 Å². The summed E-state index contributed by atoms with van der Waals surface area (Å²) >= 11 is 6.11. The van der Waals surface area contributed by atoms with Crippen molar-refractivity contribution in [2.24, 2.45) is 0 Å². The Hall–Kier alpha value is 1.04. The van der Waals surface area contributed by atoms with Crippen molar-refractivity contribution in [3.63, 3.8) is 0 Å². The molecule has 0 saturated carbocycles. The lowest BCUT2D eigenvalue weighted by molar-refractivity contribution is 0.263. The minimum absolute atomic E-state index is 0.150. The van der Waals surface area contributed by atoms with E-state index in [4.69, 9.17) is 5.11 Å². The number of aliphatic hydroxyl groups is 1. The van der Waals surface area contributed by atoms with Crippen LogP contribution in [0.1, 0.15) is 25.7 Å². The lowest BCUT2D eigenvalue weighted by Gasteiger charge is -1.99. The molecule has 3 heteroatoms. The van der Waals surface area contributed by atoms with Gasteiger partial charge < -0.3 is 5.11 Å². The van der Waals surface area contributed by atoms with Crippen molar-refractivity contribution in [3.05, 3.63) is 0 Å². The molecule has 0 radical (unpaired) electrons. The second kappa shape index (κ2) is 7.15. The molecule has 0 aliphatic heterocycles. The van der Waals surface area contributed by atoms with Crippen molar-refractivity contribution in [2.75, 3.05) is 5.75 Å². The second-order valence-corrected chi connectivity index (χ2v) is 3.89. The van der Waals surface area contributed by atoms with Gasteiger partial charge in [0.1, 0.15) is 4.11 Å². The summed E-state index contributed by atoms with van der Waals surface area (Å²) in [5.74, 6) is 0.970. The van der Waals surface area contributed by atoms with Gasteiger partial charge in [0, 0.05) is 0 Å². The minimum Gasteiger partial charge on any atom is -0.383 e. The summed E-state index contributed by atoms with van der Waals surface area (Å²) in [4.78, 5) is 0. The maximum absolute atomic E-state index is 8.82. The van der Waals surface area contributed by atoms with E-state index in [2.05, 4.69) is 12.6 Å². The molecular formula is C6H13IOS. The lowest BCUT2D eigenvalue weighted by Crippen LogP contribution is -1.93. The van der Waals surface area contributed by atoms with Gasteiger partial charge in [0.25, 0.3) is 0 Å². The van der Waals surface area contributed by atoms with E-state index in [0.717, 1.165) is 18.6 Å². The number of aliphatic hydroxyl groups excluding tert-OH is 1.